The molecular formula is C15H20N2O3. The van der Waals surface area contributed by atoms with Crippen LogP contribution in [0.3, 0.4) is 0 Å². The van der Waals surface area contributed by atoms with Crippen LogP contribution in [0.4, 0.5) is 0 Å². The van der Waals surface area contributed by atoms with Crippen LogP contribution in [0.1, 0.15) is 54.0 Å². The molecule has 1 aliphatic carbocycles. The van der Waals surface area contributed by atoms with E-state index in [9.17, 15) is 9.59 Å². The van der Waals surface area contributed by atoms with E-state index in [1.807, 2.05) is 0 Å². The first-order valence-corrected chi connectivity index (χ1v) is 7.00. The zero-order valence-electron chi connectivity index (χ0n) is 11.9. The van der Waals surface area contributed by atoms with Gasteiger partial charge in [-0.2, -0.15) is 0 Å². The van der Waals surface area contributed by atoms with Gasteiger partial charge in [-0.05, 0) is 37.3 Å². The number of hydrogen-bond donors (Lipinski definition) is 1. The van der Waals surface area contributed by atoms with Crippen molar-refractivity contribution in [2.75, 3.05) is 6.54 Å². The van der Waals surface area contributed by atoms with Gasteiger partial charge in [0.25, 0.3) is 5.91 Å². The van der Waals surface area contributed by atoms with E-state index in [4.69, 9.17) is 5.11 Å². The molecule has 0 unspecified atom stereocenters. The Bertz CT molecular complexity index is 510. The molecule has 1 saturated carbocycles. The summed E-state index contributed by atoms with van der Waals surface area (Å²) < 4.78 is 0. The monoisotopic (exact) mass is 276 g/mol. The van der Waals surface area contributed by atoms with Crippen LogP contribution in [0, 0.1) is 5.92 Å². The molecule has 1 N–H and O–H groups in total. The second-order valence-electron chi connectivity index (χ2n) is 5.62. The largest absolute Gasteiger partial charge is 0.478 e. The Morgan fingerprint density at radius 3 is 2.70 bits per heavy atom. The van der Waals surface area contributed by atoms with Crippen LogP contribution in [0.25, 0.3) is 0 Å². The minimum Gasteiger partial charge on any atom is -0.478 e. The number of carbonyl (C=O) groups is 2. The zero-order chi connectivity index (χ0) is 14.7. The van der Waals surface area contributed by atoms with E-state index in [1.165, 1.54) is 18.3 Å². The molecule has 0 aliphatic heterocycles. The molecule has 0 bridgehead atoms. The highest BCUT2D eigenvalue weighted by Gasteiger charge is 2.34. The third kappa shape index (κ3) is 3.35. The fourth-order valence-electron chi connectivity index (χ4n) is 2.12. The van der Waals surface area contributed by atoms with Gasteiger partial charge in [0.05, 0.1) is 5.56 Å². The summed E-state index contributed by atoms with van der Waals surface area (Å²) in [5.74, 6) is -0.862. The standard InChI is InChI=1S/C15H20N2O3/c1-10(2)7-9-17(11-5-6-11)14(18)13-12(15(19)20)4-3-8-16-13/h3-4,8,10-11H,5-7,9H2,1-2H3,(H,19,20). The maximum Gasteiger partial charge on any atom is 0.338 e. The summed E-state index contributed by atoms with van der Waals surface area (Å²) in [6.45, 7) is 4.88. The van der Waals surface area contributed by atoms with E-state index >= 15 is 0 Å². The minimum absolute atomic E-state index is 0.0207. The highest BCUT2D eigenvalue weighted by atomic mass is 16.4. The molecule has 5 heteroatoms. The van der Waals surface area contributed by atoms with Gasteiger partial charge in [-0.15, -0.1) is 0 Å². The third-order valence-electron chi connectivity index (χ3n) is 3.44. The van der Waals surface area contributed by atoms with E-state index < -0.39 is 5.97 Å². The first-order chi connectivity index (χ1) is 9.50. The quantitative estimate of drug-likeness (QED) is 0.866. The number of carbonyl (C=O) groups excluding carboxylic acids is 1. The SMILES string of the molecule is CC(C)CCN(C(=O)c1ncccc1C(=O)O)C1CC1. The van der Waals surface area contributed by atoms with Crippen molar-refractivity contribution in [3.8, 4) is 0 Å². The van der Waals surface area contributed by atoms with Gasteiger partial charge in [0.15, 0.2) is 0 Å². The van der Waals surface area contributed by atoms with Crippen LogP contribution in [-0.4, -0.2) is 39.5 Å². The zero-order valence-corrected chi connectivity index (χ0v) is 11.9. The van der Waals surface area contributed by atoms with Gasteiger partial charge in [0.1, 0.15) is 5.69 Å². The highest BCUT2D eigenvalue weighted by molar-refractivity contribution is 6.03. The van der Waals surface area contributed by atoms with Crippen LogP contribution >= 0.6 is 0 Å². The predicted octanol–water partition coefficient (Wildman–Crippen LogP) is 2.43. The lowest BCUT2D eigenvalue weighted by Gasteiger charge is -2.23. The normalized spacial score (nSPS) is 14.3. The first-order valence-electron chi connectivity index (χ1n) is 7.00. The van der Waals surface area contributed by atoms with Crippen molar-refractivity contribution in [3.63, 3.8) is 0 Å². The van der Waals surface area contributed by atoms with Crippen LogP contribution in [-0.2, 0) is 0 Å². The fraction of sp³-hybridized carbons (Fsp3) is 0.533. The number of aromatic nitrogens is 1. The van der Waals surface area contributed by atoms with Crippen LogP contribution in [0.2, 0.25) is 0 Å². The van der Waals surface area contributed by atoms with Crippen LogP contribution < -0.4 is 0 Å². The topological polar surface area (TPSA) is 70.5 Å². The summed E-state index contributed by atoms with van der Waals surface area (Å²) in [5, 5.41) is 9.16. The van der Waals surface area contributed by atoms with Crippen LogP contribution in [0.5, 0.6) is 0 Å². The highest BCUT2D eigenvalue weighted by Crippen LogP contribution is 2.29. The van der Waals surface area contributed by atoms with E-state index in [0.29, 0.717) is 12.5 Å². The lowest BCUT2D eigenvalue weighted by molar-refractivity contribution is 0.0665. The van der Waals surface area contributed by atoms with Gasteiger partial charge in [-0.1, -0.05) is 13.8 Å². The molecule has 108 valence electrons. The Hall–Kier alpha value is -1.91. The van der Waals surface area contributed by atoms with Crippen molar-refractivity contribution in [2.24, 2.45) is 5.92 Å². The van der Waals surface area contributed by atoms with E-state index in [0.717, 1.165) is 19.3 Å². The Morgan fingerprint density at radius 1 is 1.45 bits per heavy atom. The summed E-state index contributed by atoms with van der Waals surface area (Å²) in [5.41, 5.74) is 0.0309. The molecule has 1 aliphatic rings. The molecule has 20 heavy (non-hydrogen) atoms. The maximum absolute atomic E-state index is 12.6. The van der Waals surface area contributed by atoms with Gasteiger partial charge in [0, 0.05) is 18.8 Å². The fourth-order valence-corrected chi connectivity index (χ4v) is 2.12. The summed E-state index contributed by atoms with van der Waals surface area (Å²) in [4.78, 5) is 29.5. The smallest absolute Gasteiger partial charge is 0.338 e. The second-order valence-corrected chi connectivity index (χ2v) is 5.62. The minimum atomic E-state index is -1.11. The number of pyridine rings is 1. The van der Waals surface area contributed by atoms with Crippen LogP contribution in [0.15, 0.2) is 18.3 Å². The Kier molecular flexibility index (Phi) is 4.37. The maximum atomic E-state index is 12.6. The molecule has 1 fully saturated rings. The molecule has 0 aromatic carbocycles. The van der Waals surface area contributed by atoms with Gasteiger partial charge in [0.2, 0.25) is 0 Å². The summed E-state index contributed by atoms with van der Waals surface area (Å²) >= 11 is 0. The van der Waals surface area contributed by atoms with E-state index in [1.54, 1.807) is 4.90 Å². The third-order valence-corrected chi connectivity index (χ3v) is 3.44. The van der Waals surface area contributed by atoms with Crippen molar-refractivity contribution in [1.82, 2.24) is 9.88 Å². The molecule has 1 amide bonds. The van der Waals surface area contributed by atoms with Gasteiger partial charge >= 0.3 is 5.97 Å². The lowest BCUT2D eigenvalue weighted by atomic mass is 10.1. The summed E-state index contributed by atoms with van der Waals surface area (Å²) in [6, 6.07) is 3.22. The number of hydrogen-bond acceptors (Lipinski definition) is 3. The first kappa shape index (κ1) is 14.5. The molecule has 0 saturated heterocycles. The Balaban J connectivity index is 2.21. The number of aromatic carboxylic acids is 1. The molecule has 0 radical (unpaired) electrons. The predicted molar refractivity (Wildman–Crippen MR) is 74.7 cm³/mol. The van der Waals surface area contributed by atoms with Gasteiger partial charge in [-0.3, -0.25) is 9.78 Å². The van der Waals surface area contributed by atoms with E-state index in [-0.39, 0.29) is 23.2 Å². The molecule has 1 aromatic rings. The Morgan fingerprint density at radius 2 is 2.15 bits per heavy atom. The van der Waals surface area contributed by atoms with Crippen molar-refractivity contribution in [1.29, 1.82) is 0 Å². The number of rotatable bonds is 6. The molecular weight excluding hydrogens is 256 g/mol. The molecule has 2 rings (SSSR count). The van der Waals surface area contributed by atoms with Gasteiger partial charge < -0.3 is 10.0 Å². The average molecular weight is 276 g/mol. The summed E-state index contributed by atoms with van der Waals surface area (Å²) in [7, 11) is 0. The van der Waals surface area contributed by atoms with Crippen molar-refractivity contribution in [2.45, 2.75) is 39.2 Å². The van der Waals surface area contributed by atoms with Gasteiger partial charge in [-0.25, -0.2) is 4.79 Å². The molecule has 5 nitrogen and oxygen atoms in total. The van der Waals surface area contributed by atoms with Crippen molar-refractivity contribution in [3.05, 3.63) is 29.6 Å². The number of nitrogens with zero attached hydrogens (tertiary/aromatic N) is 2. The average Bonchev–Trinajstić information content (AvgIpc) is 3.23. The molecule has 1 aromatic heterocycles. The number of amides is 1. The lowest BCUT2D eigenvalue weighted by Crippen LogP contribution is -2.36. The molecule has 1 heterocycles. The number of carboxylic acid groups (broad SMARTS) is 1. The molecule has 0 atom stereocenters. The van der Waals surface area contributed by atoms with Crippen molar-refractivity contribution < 1.29 is 14.7 Å². The summed E-state index contributed by atoms with van der Waals surface area (Å²) in [6.07, 6.45) is 4.38. The van der Waals surface area contributed by atoms with Crippen molar-refractivity contribution >= 4 is 11.9 Å². The number of carboxylic acids is 1. The van der Waals surface area contributed by atoms with E-state index in [2.05, 4.69) is 18.8 Å². The molecule has 0 spiro atoms. The Labute approximate surface area is 118 Å². The second kappa shape index (κ2) is 6.03.